The summed E-state index contributed by atoms with van der Waals surface area (Å²) >= 11 is 1.25. The molecule has 0 saturated heterocycles. The molecule has 0 aliphatic carbocycles. The van der Waals surface area contributed by atoms with Gasteiger partial charge in [-0.3, -0.25) is 19.5 Å². The third-order valence-electron chi connectivity index (χ3n) is 5.18. The molecule has 2 heterocycles. The van der Waals surface area contributed by atoms with Gasteiger partial charge in [0.1, 0.15) is 6.04 Å². The fourth-order valence-corrected chi connectivity index (χ4v) is 4.61. The molecular weight excluding hydrogens is 424 g/mol. The molecule has 3 aromatic carbocycles. The van der Waals surface area contributed by atoms with E-state index >= 15 is 0 Å². The molecule has 32 heavy (non-hydrogen) atoms. The molecular formula is C24H16N4O3S. The molecule has 1 aliphatic rings. The Morgan fingerprint density at radius 1 is 0.906 bits per heavy atom. The highest BCUT2D eigenvalue weighted by Crippen LogP contribution is 2.24. The summed E-state index contributed by atoms with van der Waals surface area (Å²) in [5.41, 5.74) is 3.06. The van der Waals surface area contributed by atoms with Crippen molar-refractivity contribution in [2.24, 2.45) is 10.2 Å². The number of nitro groups is 1. The molecule has 1 aromatic heterocycles. The summed E-state index contributed by atoms with van der Waals surface area (Å²) in [5.74, 6) is 0. The van der Waals surface area contributed by atoms with Crippen LogP contribution in [0, 0.1) is 10.1 Å². The van der Waals surface area contributed by atoms with Gasteiger partial charge in [-0.25, -0.2) is 0 Å². The van der Waals surface area contributed by atoms with Gasteiger partial charge in [-0.2, -0.15) is 0 Å². The number of nitro benzene ring substituents is 1. The van der Waals surface area contributed by atoms with Gasteiger partial charge in [0.2, 0.25) is 4.80 Å². The van der Waals surface area contributed by atoms with Crippen LogP contribution >= 0.6 is 11.3 Å². The van der Waals surface area contributed by atoms with Gasteiger partial charge in [-0.15, -0.1) is 10.2 Å². The van der Waals surface area contributed by atoms with E-state index < -0.39 is 11.0 Å². The number of non-ortho nitro benzene ring substituents is 1. The van der Waals surface area contributed by atoms with Crippen LogP contribution in [0.1, 0.15) is 22.7 Å². The number of nitrogens with zero attached hydrogens (tertiary/aromatic N) is 4. The molecule has 1 aliphatic heterocycles. The molecule has 156 valence electrons. The van der Waals surface area contributed by atoms with Crippen molar-refractivity contribution in [1.29, 1.82) is 0 Å². The van der Waals surface area contributed by atoms with Crippen LogP contribution in [0.25, 0.3) is 6.08 Å². The van der Waals surface area contributed by atoms with E-state index in [2.05, 4.69) is 10.2 Å². The molecule has 7 nitrogen and oxygen atoms in total. The zero-order valence-corrected chi connectivity index (χ0v) is 17.5. The lowest BCUT2D eigenvalue weighted by Gasteiger charge is -2.22. The Morgan fingerprint density at radius 3 is 2.22 bits per heavy atom. The maximum atomic E-state index is 13.5. The van der Waals surface area contributed by atoms with Crippen molar-refractivity contribution in [2.45, 2.75) is 6.04 Å². The number of rotatable bonds is 4. The zero-order chi connectivity index (χ0) is 22.1. The van der Waals surface area contributed by atoms with Crippen LogP contribution in [-0.4, -0.2) is 15.2 Å². The van der Waals surface area contributed by atoms with Crippen LogP contribution in [0.2, 0.25) is 0 Å². The Kier molecular flexibility index (Phi) is 5.04. The second-order valence-corrected chi connectivity index (χ2v) is 8.19. The molecule has 0 fully saturated rings. The Morgan fingerprint density at radius 2 is 1.56 bits per heavy atom. The van der Waals surface area contributed by atoms with Gasteiger partial charge in [0, 0.05) is 17.7 Å². The lowest BCUT2D eigenvalue weighted by atomic mass is 9.96. The second kappa shape index (κ2) is 8.16. The van der Waals surface area contributed by atoms with Gasteiger partial charge in [-0.1, -0.05) is 72.0 Å². The lowest BCUT2D eigenvalue weighted by molar-refractivity contribution is -0.384. The van der Waals surface area contributed by atoms with Crippen LogP contribution in [0.5, 0.6) is 0 Å². The number of hydrogen-bond acceptors (Lipinski definition) is 6. The molecule has 8 heteroatoms. The van der Waals surface area contributed by atoms with Crippen LogP contribution in [-0.2, 0) is 0 Å². The summed E-state index contributed by atoms with van der Waals surface area (Å²) in [6, 6.07) is 25.1. The Hall–Kier alpha value is -4.17. The fourth-order valence-electron chi connectivity index (χ4n) is 3.67. The monoisotopic (exact) mass is 440 g/mol. The third-order valence-corrected chi connectivity index (χ3v) is 6.16. The summed E-state index contributed by atoms with van der Waals surface area (Å²) in [6.45, 7) is 0. The quantitative estimate of drug-likeness (QED) is 0.360. The summed E-state index contributed by atoms with van der Waals surface area (Å²) in [5, 5.41) is 19.7. The average molecular weight is 440 g/mol. The first-order valence-electron chi connectivity index (χ1n) is 9.85. The maximum Gasteiger partial charge on any atom is 0.271 e. The van der Waals surface area contributed by atoms with Gasteiger partial charge in [0.05, 0.1) is 15.2 Å². The number of fused-ring (bicyclic) bond motifs is 1. The molecule has 0 spiro atoms. The van der Waals surface area contributed by atoms with E-state index in [1.165, 1.54) is 23.5 Å². The van der Waals surface area contributed by atoms with E-state index in [-0.39, 0.29) is 11.2 Å². The molecule has 1 unspecified atom stereocenters. The van der Waals surface area contributed by atoms with Crippen molar-refractivity contribution in [3.63, 3.8) is 0 Å². The van der Waals surface area contributed by atoms with Gasteiger partial charge < -0.3 is 0 Å². The largest absolute Gasteiger partial charge is 0.271 e. The molecule has 0 N–H and O–H groups in total. The Bertz CT molecular complexity index is 1510. The third kappa shape index (κ3) is 3.57. The minimum atomic E-state index is -0.450. The van der Waals surface area contributed by atoms with Crippen LogP contribution in [0.4, 0.5) is 5.69 Å². The molecule has 5 rings (SSSR count). The first kappa shape index (κ1) is 19.8. The minimum Gasteiger partial charge on any atom is -0.268 e. The SMILES string of the molecule is O=c1/c(=C\c2ccc([N+](=O)[O-])cc2)sc2n1C(c1ccccc1)C(c1ccccc1)=NN=2. The van der Waals surface area contributed by atoms with Crippen LogP contribution in [0.3, 0.4) is 0 Å². The second-order valence-electron chi connectivity index (χ2n) is 7.18. The highest BCUT2D eigenvalue weighted by Gasteiger charge is 2.28. The zero-order valence-electron chi connectivity index (χ0n) is 16.7. The molecule has 4 aromatic rings. The molecule has 0 radical (unpaired) electrons. The van der Waals surface area contributed by atoms with Gasteiger partial charge in [0.25, 0.3) is 11.2 Å². The summed E-state index contributed by atoms with van der Waals surface area (Å²) in [6.07, 6.45) is 1.72. The summed E-state index contributed by atoms with van der Waals surface area (Å²) < 4.78 is 2.16. The maximum absolute atomic E-state index is 13.5. The number of hydrogen-bond donors (Lipinski definition) is 0. The van der Waals surface area contributed by atoms with Crippen LogP contribution in [0.15, 0.2) is 99.9 Å². The molecule has 1 atom stereocenters. The van der Waals surface area contributed by atoms with E-state index in [0.29, 0.717) is 20.6 Å². The van der Waals surface area contributed by atoms with Crippen molar-refractivity contribution in [2.75, 3.05) is 0 Å². The minimum absolute atomic E-state index is 0.00407. The number of benzene rings is 3. The summed E-state index contributed by atoms with van der Waals surface area (Å²) in [4.78, 5) is 24.4. The smallest absolute Gasteiger partial charge is 0.268 e. The van der Waals surface area contributed by atoms with Gasteiger partial charge >= 0.3 is 0 Å². The molecule has 0 saturated carbocycles. The summed E-state index contributed by atoms with van der Waals surface area (Å²) in [7, 11) is 0. The predicted octanol–water partition coefficient (Wildman–Crippen LogP) is 3.27. The standard InChI is InChI=1S/C24H16N4O3S/c29-23-20(15-16-11-13-19(14-12-16)28(30)31)32-24-26-25-21(17-7-3-1-4-8-17)22(27(23)24)18-9-5-2-6-10-18/h1-15,22H/b20-15+. The van der Waals surface area contributed by atoms with E-state index in [1.54, 1.807) is 22.8 Å². The number of aromatic nitrogens is 1. The fraction of sp³-hybridized carbons (Fsp3) is 0.0417. The van der Waals surface area contributed by atoms with Crippen LogP contribution < -0.4 is 14.9 Å². The van der Waals surface area contributed by atoms with Gasteiger partial charge in [0.15, 0.2) is 0 Å². The topological polar surface area (TPSA) is 89.9 Å². The highest BCUT2D eigenvalue weighted by atomic mass is 32.1. The van der Waals surface area contributed by atoms with Crippen molar-refractivity contribution in [1.82, 2.24) is 4.57 Å². The van der Waals surface area contributed by atoms with Crippen molar-refractivity contribution in [3.8, 4) is 0 Å². The van der Waals surface area contributed by atoms with E-state index in [4.69, 9.17) is 0 Å². The van der Waals surface area contributed by atoms with E-state index in [9.17, 15) is 14.9 Å². The Balaban J connectivity index is 1.67. The lowest BCUT2D eigenvalue weighted by Crippen LogP contribution is -2.40. The van der Waals surface area contributed by atoms with Crippen molar-refractivity contribution >= 4 is 28.8 Å². The first-order chi connectivity index (χ1) is 15.6. The van der Waals surface area contributed by atoms with Crippen molar-refractivity contribution in [3.05, 3.63) is 131 Å². The van der Waals surface area contributed by atoms with Crippen molar-refractivity contribution < 1.29 is 4.92 Å². The molecule has 0 bridgehead atoms. The van der Waals surface area contributed by atoms with Gasteiger partial charge in [-0.05, 0) is 29.3 Å². The number of thiazole rings is 1. The first-order valence-corrected chi connectivity index (χ1v) is 10.7. The average Bonchev–Trinajstić information content (AvgIpc) is 3.15. The highest BCUT2D eigenvalue weighted by molar-refractivity contribution is 7.07. The van der Waals surface area contributed by atoms with E-state index in [1.807, 2.05) is 60.7 Å². The normalized spacial score (nSPS) is 15.6. The van der Waals surface area contributed by atoms with E-state index in [0.717, 1.165) is 11.1 Å². The predicted molar refractivity (Wildman–Crippen MR) is 124 cm³/mol. The Labute approximate surface area is 186 Å². The molecule has 0 amide bonds.